The van der Waals surface area contributed by atoms with Crippen LogP contribution in [0.15, 0.2) is 24.3 Å². The van der Waals surface area contributed by atoms with Crippen LogP contribution in [0.4, 0.5) is 4.39 Å². The van der Waals surface area contributed by atoms with Gasteiger partial charge in [-0.05, 0) is 50.2 Å². The zero-order valence-corrected chi connectivity index (χ0v) is 23.7. The van der Waals surface area contributed by atoms with Gasteiger partial charge in [0.2, 0.25) is 5.91 Å². The van der Waals surface area contributed by atoms with Crippen molar-refractivity contribution in [2.75, 3.05) is 13.1 Å². The van der Waals surface area contributed by atoms with Crippen LogP contribution in [0.2, 0.25) is 0 Å². The first-order valence-corrected chi connectivity index (χ1v) is 13.9. The van der Waals surface area contributed by atoms with E-state index in [9.17, 15) is 18.8 Å². The van der Waals surface area contributed by atoms with E-state index in [4.69, 9.17) is 0 Å². The number of piperidine rings is 1. The number of benzene rings is 1. The third kappa shape index (κ3) is 10.0. The molecule has 6 heteroatoms. The van der Waals surface area contributed by atoms with Crippen molar-refractivity contribution in [3.05, 3.63) is 35.6 Å². The highest BCUT2D eigenvalue weighted by atomic mass is 19.1. The van der Waals surface area contributed by atoms with Gasteiger partial charge in [0, 0.05) is 24.4 Å². The Balaban J connectivity index is 0.000000391. The Hall–Kier alpha value is -2.24. The first-order chi connectivity index (χ1) is 17.0. The molecule has 1 aliphatic carbocycles. The molecule has 1 heterocycles. The van der Waals surface area contributed by atoms with Gasteiger partial charge in [-0.3, -0.25) is 14.4 Å². The molecule has 3 rings (SSSR count). The van der Waals surface area contributed by atoms with Crippen molar-refractivity contribution >= 4 is 17.6 Å². The second-order valence-electron chi connectivity index (χ2n) is 11.0. The largest absolute Gasteiger partial charge is 0.342 e. The molecule has 2 fully saturated rings. The number of ketones is 1. The molecule has 0 bridgehead atoms. The molecule has 1 unspecified atom stereocenters. The van der Waals surface area contributed by atoms with E-state index in [0.29, 0.717) is 5.91 Å². The lowest BCUT2D eigenvalue weighted by molar-refractivity contribution is -0.140. The van der Waals surface area contributed by atoms with Gasteiger partial charge in [0.1, 0.15) is 5.82 Å². The maximum Gasteiger partial charge on any atom is 0.254 e. The summed E-state index contributed by atoms with van der Waals surface area (Å²) >= 11 is 0. The van der Waals surface area contributed by atoms with Crippen molar-refractivity contribution in [2.24, 2.45) is 17.3 Å². The second kappa shape index (κ2) is 15.8. The van der Waals surface area contributed by atoms with Crippen molar-refractivity contribution < 1.29 is 18.8 Å². The number of Topliss-reactive ketones (excluding diaryl/α,β-unsaturated/α-hetero) is 1. The van der Waals surface area contributed by atoms with Crippen LogP contribution >= 0.6 is 0 Å². The molecule has 1 aromatic carbocycles. The van der Waals surface area contributed by atoms with Gasteiger partial charge in [-0.2, -0.15) is 0 Å². The fraction of sp³-hybridized carbons (Fsp3) is 0.700. The predicted octanol–water partition coefficient (Wildman–Crippen LogP) is 6.80. The quantitative estimate of drug-likeness (QED) is 0.479. The van der Waals surface area contributed by atoms with Gasteiger partial charge < -0.3 is 10.2 Å². The molecule has 1 aliphatic heterocycles. The van der Waals surface area contributed by atoms with E-state index in [-0.39, 0.29) is 28.6 Å². The van der Waals surface area contributed by atoms with Crippen molar-refractivity contribution in [3.8, 4) is 0 Å². The van der Waals surface area contributed by atoms with Gasteiger partial charge in [0.25, 0.3) is 5.91 Å². The Morgan fingerprint density at radius 3 is 1.94 bits per heavy atom. The summed E-state index contributed by atoms with van der Waals surface area (Å²) < 4.78 is 13.7. The molecule has 2 amide bonds. The number of amides is 2. The minimum absolute atomic E-state index is 0.000124. The van der Waals surface area contributed by atoms with Crippen molar-refractivity contribution in [1.29, 1.82) is 0 Å². The molecule has 0 radical (unpaired) electrons. The summed E-state index contributed by atoms with van der Waals surface area (Å²) in [6.45, 7) is 15.6. The van der Waals surface area contributed by atoms with Crippen LogP contribution in [-0.2, 0) is 9.59 Å². The lowest BCUT2D eigenvalue weighted by atomic mass is 9.80. The lowest BCUT2D eigenvalue weighted by Gasteiger charge is -2.32. The van der Waals surface area contributed by atoms with E-state index >= 15 is 0 Å². The minimum Gasteiger partial charge on any atom is -0.342 e. The average molecular weight is 505 g/mol. The molecule has 2 aliphatic rings. The maximum atomic E-state index is 13.7. The fourth-order valence-corrected chi connectivity index (χ4v) is 4.68. The minimum atomic E-state index is -0.556. The summed E-state index contributed by atoms with van der Waals surface area (Å²) in [6.07, 6.45) is 8.89. The van der Waals surface area contributed by atoms with Gasteiger partial charge in [0.15, 0.2) is 5.78 Å². The Labute approximate surface area is 218 Å². The number of likely N-dealkylation sites (tertiary alicyclic amines) is 1. The number of nitrogens with zero attached hydrogens (tertiary/aromatic N) is 1. The highest BCUT2D eigenvalue weighted by molar-refractivity contribution is 5.98. The third-order valence-electron chi connectivity index (χ3n) is 6.69. The van der Waals surface area contributed by atoms with Crippen molar-refractivity contribution in [1.82, 2.24) is 10.2 Å². The highest BCUT2D eigenvalue weighted by Crippen LogP contribution is 2.28. The zero-order valence-electron chi connectivity index (χ0n) is 23.7. The lowest BCUT2D eigenvalue weighted by Crippen LogP contribution is -2.48. The van der Waals surface area contributed by atoms with E-state index in [0.717, 1.165) is 38.8 Å². The maximum absolute atomic E-state index is 13.7. The van der Waals surface area contributed by atoms with Gasteiger partial charge in [-0.15, -0.1) is 0 Å². The van der Waals surface area contributed by atoms with Gasteiger partial charge in [-0.1, -0.05) is 79.9 Å². The first-order valence-electron chi connectivity index (χ1n) is 13.9. The van der Waals surface area contributed by atoms with Crippen LogP contribution in [0.5, 0.6) is 0 Å². The Bertz CT molecular complexity index is 820. The molecule has 36 heavy (non-hydrogen) atoms. The van der Waals surface area contributed by atoms with E-state index in [1.54, 1.807) is 12.1 Å². The Morgan fingerprint density at radius 2 is 1.44 bits per heavy atom. The van der Waals surface area contributed by atoms with Crippen molar-refractivity contribution in [3.63, 3.8) is 0 Å². The van der Waals surface area contributed by atoms with E-state index in [2.05, 4.69) is 5.32 Å². The van der Waals surface area contributed by atoms with E-state index in [1.807, 2.05) is 53.4 Å². The molecule has 1 saturated heterocycles. The summed E-state index contributed by atoms with van der Waals surface area (Å²) in [6, 6.07) is 5.37. The third-order valence-corrected chi connectivity index (χ3v) is 6.69. The Morgan fingerprint density at radius 1 is 0.917 bits per heavy atom. The smallest absolute Gasteiger partial charge is 0.254 e. The van der Waals surface area contributed by atoms with Crippen LogP contribution in [0.1, 0.15) is 110 Å². The number of nitrogens with one attached hydrogen (secondary N) is 1. The van der Waals surface area contributed by atoms with Crippen LogP contribution in [0.3, 0.4) is 0 Å². The molecule has 1 atom stereocenters. The SMILES string of the molecule is CC.CC(C)(C)C(=O)N1CCCCC1.CC(C)C(=O)C(NC(=O)c1ccccc1F)C1CCCCC1. The molecule has 204 valence electrons. The summed E-state index contributed by atoms with van der Waals surface area (Å²) in [7, 11) is 0. The van der Waals surface area contributed by atoms with Crippen LogP contribution in [-0.4, -0.2) is 41.6 Å². The fourth-order valence-electron chi connectivity index (χ4n) is 4.68. The molecule has 1 N–H and O–H groups in total. The summed E-state index contributed by atoms with van der Waals surface area (Å²) in [5, 5.41) is 2.80. The number of carbonyl (C=O) groups is 3. The first kappa shape index (κ1) is 31.8. The predicted molar refractivity (Wildman–Crippen MR) is 145 cm³/mol. The molecule has 0 spiro atoms. The molecular weight excluding hydrogens is 455 g/mol. The number of hydrogen-bond acceptors (Lipinski definition) is 3. The summed E-state index contributed by atoms with van der Waals surface area (Å²) in [5.74, 6) is -0.687. The molecule has 1 saturated carbocycles. The number of halogens is 1. The molecule has 0 aromatic heterocycles. The van der Waals surface area contributed by atoms with Gasteiger partial charge in [-0.25, -0.2) is 4.39 Å². The molecule has 1 aromatic rings. The number of rotatable bonds is 5. The number of hydrogen-bond donors (Lipinski definition) is 1. The summed E-state index contributed by atoms with van der Waals surface area (Å²) in [4.78, 5) is 38.6. The monoisotopic (exact) mass is 504 g/mol. The van der Waals surface area contributed by atoms with Crippen LogP contribution < -0.4 is 5.32 Å². The average Bonchev–Trinajstić information content (AvgIpc) is 2.88. The van der Waals surface area contributed by atoms with Gasteiger partial charge >= 0.3 is 0 Å². The number of carbonyl (C=O) groups excluding carboxylic acids is 3. The normalized spacial score (nSPS) is 17.2. The summed E-state index contributed by atoms with van der Waals surface area (Å²) in [5.41, 5.74) is -0.197. The topological polar surface area (TPSA) is 66.5 Å². The van der Waals surface area contributed by atoms with Gasteiger partial charge in [0.05, 0.1) is 11.6 Å². The van der Waals surface area contributed by atoms with E-state index < -0.39 is 17.8 Å². The highest BCUT2D eigenvalue weighted by Gasteiger charge is 2.32. The molecule has 5 nitrogen and oxygen atoms in total. The second-order valence-corrected chi connectivity index (χ2v) is 11.0. The Kier molecular flexibility index (Phi) is 13.9. The zero-order chi connectivity index (χ0) is 27.3. The van der Waals surface area contributed by atoms with E-state index in [1.165, 1.54) is 37.8 Å². The van der Waals surface area contributed by atoms with Crippen LogP contribution in [0.25, 0.3) is 0 Å². The standard InChI is InChI=1S/C18H24FNO2.C10H19NO.C2H6/c1-12(2)17(21)16(13-8-4-3-5-9-13)20-18(22)14-10-6-7-11-15(14)19;1-10(2,3)9(12)11-7-5-4-6-8-11;1-2/h6-7,10-13,16H,3-5,8-9H2,1-2H3,(H,20,22);4-8H2,1-3H3;1-2H3. The van der Waals surface area contributed by atoms with Crippen molar-refractivity contribution in [2.45, 2.75) is 106 Å². The molecular formula is C30H49FN2O3. The van der Waals surface area contributed by atoms with Crippen LogP contribution in [0, 0.1) is 23.1 Å².